The fourth-order valence-electron chi connectivity index (χ4n) is 3.07. The van der Waals surface area contributed by atoms with Crippen molar-refractivity contribution in [3.8, 4) is 11.1 Å². The lowest BCUT2D eigenvalue weighted by Gasteiger charge is -2.09. The van der Waals surface area contributed by atoms with Gasteiger partial charge in [0.1, 0.15) is 6.33 Å². The van der Waals surface area contributed by atoms with Crippen molar-refractivity contribution < 1.29 is 13.2 Å². The van der Waals surface area contributed by atoms with Crippen LogP contribution >= 0.6 is 0 Å². The average Bonchev–Trinajstić information content (AvgIpc) is 3.15. The Kier molecular flexibility index (Phi) is 5.20. The average molecular weight is 421 g/mol. The van der Waals surface area contributed by atoms with Crippen molar-refractivity contribution in [2.45, 2.75) is 6.42 Å². The van der Waals surface area contributed by atoms with Crippen molar-refractivity contribution in [1.82, 2.24) is 14.6 Å². The Labute approximate surface area is 173 Å². The number of hydrogen-bond donors (Lipinski definition) is 2. The smallest absolute Gasteiger partial charge is 0.229 e. The number of anilines is 2. The molecule has 2 N–H and O–H groups in total. The Morgan fingerprint density at radius 1 is 1.00 bits per heavy atom. The van der Waals surface area contributed by atoms with Gasteiger partial charge in [0.2, 0.25) is 15.9 Å². The van der Waals surface area contributed by atoms with Gasteiger partial charge in [0.05, 0.1) is 18.4 Å². The number of amides is 1. The first-order chi connectivity index (χ1) is 14.4. The zero-order valence-electron chi connectivity index (χ0n) is 16.1. The van der Waals surface area contributed by atoms with Crippen molar-refractivity contribution in [2.75, 3.05) is 16.3 Å². The van der Waals surface area contributed by atoms with E-state index in [2.05, 4.69) is 20.1 Å². The van der Waals surface area contributed by atoms with E-state index in [0.717, 1.165) is 28.6 Å². The summed E-state index contributed by atoms with van der Waals surface area (Å²) in [6, 6.07) is 18.2. The molecule has 0 spiro atoms. The summed E-state index contributed by atoms with van der Waals surface area (Å²) in [5, 5.41) is 6.87. The Morgan fingerprint density at radius 3 is 2.53 bits per heavy atom. The van der Waals surface area contributed by atoms with E-state index >= 15 is 0 Å². The molecule has 0 unspecified atom stereocenters. The van der Waals surface area contributed by atoms with Gasteiger partial charge in [0.15, 0.2) is 5.65 Å². The third-order valence-electron chi connectivity index (χ3n) is 4.38. The molecule has 30 heavy (non-hydrogen) atoms. The molecule has 0 radical (unpaired) electrons. The minimum Gasteiger partial charge on any atom is -0.326 e. The van der Waals surface area contributed by atoms with Crippen molar-refractivity contribution in [3.63, 3.8) is 0 Å². The molecule has 8 nitrogen and oxygen atoms in total. The number of nitrogens with one attached hydrogen (secondary N) is 2. The molecule has 0 fully saturated rings. The fourth-order valence-corrected chi connectivity index (χ4v) is 3.63. The predicted octanol–water partition coefficient (Wildman–Crippen LogP) is 2.95. The fraction of sp³-hybridized carbons (Fsp3) is 0.0952. The molecular weight excluding hydrogens is 402 g/mol. The van der Waals surface area contributed by atoms with Gasteiger partial charge < -0.3 is 5.32 Å². The molecule has 0 bridgehead atoms. The quantitative estimate of drug-likeness (QED) is 0.498. The first-order valence-corrected chi connectivity index (χ1v) is 11.0. The van der Waals surface area contributed by atoms with Gasteiger partial charge in [-0.3, -0.25) is 9.52 Å². The van der Waals surface area contributed by atoms with Crippen LogP contribution in [-0.2, 0) is 21.2 Å². The largest absolute Gasteiger partial charge is 0.326 e. The molecule has 4 aromatic rings. The highest BCUT2D eigenvalue weighted by atomic mass is 32.2. The van der Waals surface area contributed by atoms with Crippen molar-refractivity contribution in [1.29, 1.82) is 0 Å². The number of hydrogen-bond acceptors (Lipinski definition) is 5. The summed E-state index contributed by atoms with van der Waals surface area (Å²) in [6.07, 6.45) is 4.64. The zero-order chi connectivity index (χ0) is 21.1. The topological polar surface area (TPSA) is 105 Å². The monoisotopic (exact) mass is 421 g/mol. The second-order valence-corrected chi connectivity index (χ2v) is 8.60. The van der Waals surface area contributed by atoms with E-state index in [0.29, 0.717) is 11.4 Å². The van der Waals surface area contributed by atoms with Gasteiger partial charge in [-0.05, 0) is 47.0 Å². The number of carbonyl (C=O) groups excluding carboxylic acids is 1. The Hall–Kier alpha value is -3.72. The maximum Gasteiger partial charge on any atom is 0.229 e. The van der Waals surface area contributed by atoms with Gasteiger partial charge in [-0.25, -0.2) is 17.9 Å². The standard InChI is InChI=1S/C21H19N5O3S/c1-30(28,29)25-19-4-2-3-18(13-19)24-21(27)11-15-5-7-16(8-6-15)17-9-10-26-20(12-17)22-14-23-26/h2-10,12-14,25H,11H2,1H3,(H,24,27). The van der Waals surface area contributed by atoms with E-state index < -0.39 is 10.0 Å². The van der Waals surface area contributed by atoms with Crippen molar-refractivity contribution >= 4 is 33.0 Å². The van der Waals surface area contributed by atoms with Gasteiger partial charge >= 0.3 is 0 Å². The lowest BCUT2D eigenvalue weighted by molar-refractivity contribution is -0.115. The number of pyridine rings is 1. The van der Waals surface area contributed by atoms with Gasteiger partial charge in [0.25, 0.3) is 0 Å². The van der Waals surface area contributed by atoms with Gasteiger partial charge in [-0.2, -0.15) is 5.10 Å². The Morgan fingerprint density at radius 2 is 1.77 bits per heavy atom. The molecule has 2 aromatic heterocycles. The molecule has 9 heteroatoms. The molecule has 0 aliphatic carbocycles. The minimum atomic E-state index is -3.38. The van der Waals surface area contributed by atoms with E-state index in [1.807, 2.05) is 42.6 Å². The van der Waals surface area contributed by atoms with E-state index in [1.165, 1.54) is 6.33 Å². The molecular formula is C21H19N5O3S. The predicted molar refractivity (Wildman–Crippen MR) is 116 cm³/mol. The van der Waals surface area contributed by atoms with E-state index in [-0.39, 0.29) is 12.3 Å². The van der Waals surface area contributed by atoms with Gasteiger partial charge in [-0.15, -0.1) is 0 Å². The van der Waals surface area contributed by atoms with E-state index in [1.54, 1.807) is 28.8 Å². The number of rotatable bonds is 6. The first kappa shape index (κ1) is 19.6. The van der Waals surface area contributed by atoms with Gasteiger partial charge in [0, 0.05) is 11.9 Å². The summed E-state index contributed by atoms with van der Waals surface area (Å²) < 4.78 is 26.8. The highest BCUT2D eigenvalue weighted by molar-refractivity contribution is 7.92. The highest BCUT2D eigenvalue weighted by Gasteiger charge is 2.08. The maximum absolute atomic E-state index is 12.4. The normalized spacial score (nSPS) is 11.4. The van der Waals surface area contributed by atoms with Crippen LogP contribution in [0, 0.1) is 0 Å². The third-order valence-corrected chi connectivity index (χ3v) is 4.99. The number of nitrogens with zero attached hydrogens (tertiary/aromatic N) is 3. The maximum atomic E-state index is 12.4. The summed E-state index contributed by atoms with van der Waals surface area (Å²) in [4.78, 5) is 16.6. The summed E-state index contributed by atoms with van der Waals surface area (Å²) >= 11 is 0. The second kappa shape index (κ2) is 7.96. The number of aromatic nitrogens is 3. The lowest BCUT2D eigenvalue weighted by atomic mass is 10.0. The molecule has 0 saturated carbocycles. The van der Waals surface area contributed by atoms with Crippen LogP contribution in [0.15, 0.2) is 73.2 Å². The van der Waals surface area contributed by atoms with E-state index in [9.17, 15) is 13.2 Å². The van der Waals surface area contributed by atoms with Crippen LogP contribution in [-0.4, -0.2) is 35.2 Å². The number of benzene rings is 2. The summed E-state index contributed by atoms with van der Waals surface area (Å²) in [7, 11) is -3.38. The van der Waals surface area contributed by atoms with Crippen LogP contribution in [0.4, 0.5) is 11.4 Å². The van der Waals surface area contributed by atoms with Crippen LogP contribution in [0.25, 0.3) is 16.8 Å². The first-order valence-electron chi connectivity index (χ1n) is 9.12. The summed E-state index contributed by atoms with van der Waals surface area (Å²) in [5.41, 5.74) is 4.58. The molecule has 0 aliphatic rings. The van der Waals surface area contributed by atoms with Crippen LogP contribution in [0.1, 0.15) is 5.56 Å². The van der Waals surface area contributed by atoms with Crippen molar-refractivity contribution in [3.05, 3.63) is 78.8 Å². The molecule has 1 amide bonds. The Bertz CT molecular complexity index is 1310. The second-order valence-electron chi connectivity index (χ2n) is 6.86. The minimum absolute atomic E-state index is 0.191. The molecule has 0 atom stereocenters. The highest BCUT2D eigenvalue weighted by Crippen LogP contribution is 2.21. The molecule has 0 aliphatic heterocycles. The van der Waals surface area contributed by atoms with Crippen molar-refractivity contribution in [2.24, 2.45) is 0 Å². The Balaban J connectivity index is 1.42. The number of sulfonamides is 1. The molecule has 4 rings (SSSR count). The number of carbonyl (C=O) groups is 1. The molecule has 2 aromatic carbocycles. The zero-order valence-corrected chi connectivity index (χ0v) is 16.9. The van der Waals surface area contributed by atoms with Crippen LogP contribution in [0.3, 0.4) is 0 Å². The van der Waals surface area contributed by atoms with E-state index in [4.69, 9.17) is 0 Å². The summed E-state index contributed by atoms with van der Waals surface area (Å²) in [6.45, 7) is 0. The van der Waals surface area contributed by atoms with Crippen LogP contribution in [0.2, 0.25) is 0 Å². The lowest BCUT2D eigenvalue weighted by Crippen LogP contribution is -2.15. The SMILES string of the molecule is CS(=O)(=O)Nc1cccc(NC(=O)Cc2ccc(-c3ccn4ncnc4c3)cc2)c1. The molecule has 0 saturated heterocycles. The molecule has 152 valence electrons. The third kappa shape index (κ3) is 4.81. The molecule has 2 heterocycles. The van der Waals surface area contributed by atoms with Gasteiger partial charge in [-0.1, -0.05) is 30.3 Å². The van der Waals surface area contributed by atoms with Crippen LogP contribution in [0.5, 0.6) is 0 Å². The summed E-state index contributed by atoms with van der Waals surface area (Å²) in [5.74, 6) is -0.191. The number of fused-ring (bicyclic) bond motifs is 1. The van der Waals surface area contributed by atoms with Crippen LogP contribution < -0.4 is 10.0 Å².